The van der Waals surface area contributed by atoms with Crippen molar-refractivity contribution in [2.45, 2.75) is 89.1 Å². The van der Waals surface area contributed by atoms with E-state index in [1.54, 1.807) is 64.2 Å². The van der Waals surface area contributed by atoms with Gasteiger partial charge < -0.3 is 33.7 Å². The molecule has 0 radical (unpaired) electrons. The molecule has 13 heteroatoms. The Hall–Kier alpha value is -4.23. The Balaban J connectivity index is 1.53. The minimum atomic E-state index is -1.83. The number of allylic oxidation sites excluding steroid dienone is 4. The second-order valence-corrected chi connectivity index (χ2v) is 14.4. The summed E-state index contributed by atoms with van der Waals surface area (Å²) in [6, 6.07) is 8.00. The summed E-state index contributed by atoms with van der Waals surface area (Å²) in [5, 5.41) is 14.4. The van der Waals surface area contributed by atoms with E-state index in [9.17, 15) is 23.9 Å². The molecule has 11 nitrogen and oxygen atoms in total. The first-order chi connectivity index (χ1) is 24.5. The largest absolute Gasteiger partial charge is 0.495 e. The lowest BCUT2D eigenvalue weighted by Crippen LogP contribution is -2.63. The van der Waals surface area contributed by atoms with E-state index in [1.165, 1.54) is 25.2 Å². The minimum Gasteiger partial charge on any atom is -0.495 e. The van der Waals surface area contributed by atoms with E-state index in [-0.39, 0.29) is 24.3 Å². The molecule has 3 heterocycles. The minimum absolute atomic E-state index is 0.0522. The van der Waals surface area contributed by atoms with Crippen LogP contribution >= 0.6 is 11.6 Å². The van der Waals surface area contributed by atoms with Crippen molar-refractivity contribution in [1.29, 1.82) is 0 Å². The molecule has 2 fully saturated rings. The fraction of sp³-hybridized carbons (Fsp3) is 0.462. The zero-order valence-corrected chi connectivity index (χ0v) is 31.2. The molecule has 0 aromatic heterocycles. The number of fused-ring (bicyclic) bond motifs is 5. The number of amides is 2. The van der Waals surface area contributed by atoms with Gasteiger partial charge in [-0.1, -0.05) is 61.0 Å². The number of epoxide rings is 1. The molecule has 2 aromatic rings. The average molecular weight is 741 g/mol. The van der Waals surface area contributed by atoms with Gasteiger partial charge in [0.1, 0.15) is 40.5 Å². The van der Waals surface area contributed by atoms with Crippen LogP contribution in [-0.2, 0) is 41.4 Å². The number of hydrogen-bond donors (Lipinski definition) is 2. The van der Waals surface area contributed by atoms with Crippen molar-refractivity contribution in [3.05, 3.63) is 88.2 Å². The Kier molecular flexibility index (Phi) is 11.5. The molecular formula is C39H46ClFN2O9. The molecule has 2 N–H and O–H groups in total. The molecule has 3 aliphatic rings. The van der Waals surface area contributed by atoms with Gasteiger partial charge in [0.2, 0.25) is 5.91 Å². The Morgan fingerprint density at radius 3 is 2.62 bits per heavy atom. The van der Waals surface area contributed by atoms with Crippen molar-refractivity contribution < 1.29 is 47.6 Å². The third-order valence-electron chi connectivity index (χ3n) is 10.1. The Morgan fingerprint density at radius 1 is 1.23 bits per heavy atom. The van der Waals surface area contributed by atoms with Crippen LogP contribution in [0.2, 0.25) is 5.02 Å². The highest BCUT2D eigenvalue weighted by atomic mass is 35.5. The molecular weight excluding hydrogens is 695 g/mol. The van der Waals surface area contributed by atoms with Crippen molar-refractivity contribution in [2.75, 3.05) is 26.2 Å². The molecule has 0 saturated carbocycles. The summed E-state index contributed by atoms with van der Waals surface area (Å²) in [4.78, 5) is 41.7. The summed E-state index contributed by atoms with van der Waals surface area (Å²) in [6.45, 7) is 10.9. The number of nitrogens with one attached hydrogen (secondary N) is 1. The number of hydrogen-bond acceptors (Lipinski definition) is 9. The molecule has 2 saturated heterocycles. The van der Waals surface area contributed by atoms with Crippen molar-refractivity contribution in [3.8, 4) is 5.75 Å². The summed E-state index contributed by atoms with van der Waals surface area (Å²) < 4.78 is 43.8. The van der Waals surface area contributed by atoms with Gasteiger partial charge in [-0.05, 0) is 62.1 Å². The zero-order valence-electron chi connectivity index (χ0n) is 30.5. The van der Waals surface area contributed by atoms with Gasteiger partial charge in [0.05, 0.1) is 31.7 Å². The maximum atomic E-state index is 14.7. The van der Waals surface area contributed by atoms with Crippen LogP contribution < -0.4 is 15.0 Å². The van der Waals surface area contributed by atoms with E-state index >= 15 is 0 Å². The number of methoxy groups -OCH3 is 2. The molecule has 3 aliphatic heterocycles. The average Bonchev–Trinajstić information content (AvgIpc) is 3.77. The van der Waals surface area contributed by atoms with E-state index in [1.807, 2.05) is 13.0 Å². The SMILES string of the molecule is C=C(C)c1ccc(CC(=O)O[C@H]2CC(=O)N(C)c3cc(cc(OC)c3Cl)C/C(C)=C/C=C/[C@@H](OC)[C@@]3(O)C[C@H](OC(=O)N3)[C@@H](C)[C@@H]3O[C@@]23C)cc1F. The smallest absolute Gasteiger partial charge is 0.409 e. The van der Waals surface area contributed by atoms with Crippen LogP contribution in [0.15, 0.2) is 60.7 Å². The number of halogens is 2. The lowest BCUT2D eigenvalue weighted by Gasteiger charge is -2.42. The topological polar surface area (TPSA) is 136 Å². The zero-order chi connectivity index (χ0) is 38.1. The van der Waals surface area contributed by atoms with Gasteiger partial charge in [0.25, 0.3) is 0 Å². The number of esters is 1. The van der Waals surface area contributed by atoms with Crippen molar-refractivity contribution in [3.63, 3.8) is 0 Å². The summed E-state index contributed by atoms with van der Waals surface area (Å²) >= 11 is 6.74. The monoisotopic (exact) mass is 740 g/mol. The lowest BCUT2D eigenvalue weighted by atomic mass is 9.83. The van der Waals surface area contributed by atoms with Crippen molar-refractivity contribution in [1.82, 2.24) is 5.32 Å². The fourth-order valence-corrected chi connectivity index (χ4v) is 7.30. The third kappa shape index (κ3) is 8.20. The molecule has 2 amide bonds. The van der Waals surface area contributed by atoms with Gasteiger partial charge in [0, 0.05) is 32.1 Å². The van der Waals surface area contributed by atoms with Crippen molar-refractivity contribution in [2.24, 2.45) is 5.92 Å². The van der Waals surface area contributed by atoms with Crippen LogP contribution in [0.1, 0.15) is 57.2 Å². The number of nitrogens with zero attached hydrogens (tertiary/aromatic N) is 1. The Morgan fingerprint density at radius 2 is 1.96 bits per heavy atom. The fourth-order valence-electron chi connectivity index (χ4n) is 6.99. The quantitative estimate of drug-likeness (QED) is 0.267. The number of rotatable bonds is 6. The molecule has 280 valence electrons. The van der Waals surface area contributed by atoms with Crippen LogP contribution in [0, 0.1) is 11.7 Å². The van der Waals surface area contributed by atoms with Crippen LogP contribution in [0.25, 0.3) is 5.57 Å². The van der Waals surface area contributed by atoms with E-state index in [0.29, 0.717) is 34.6 Å². The summed E-state index contributed by atoms with van der Waals surface area (Å²) in [6.07, 6.45) is 0.671. The van der Waals surface area contributed by atoms with E-state index in [4.69, 9.17) is 35.3 Å². The summed E-state index contributed by atoms with van der Waals surface area (Å²) in [7, 11) is 4.48. The number of anilines is 1. The first-order valence-electron chi connectivity index (χ1n) is 17.0. The Bertz CT molecular complexity index is 1810. The molecule has 52 heavy (non-hydrogen) atoms. The van der Waals surface area contributed by atoms with Gasteiger partial charge in [0.15, 0.2) is 5.72 Å². The maximum Gasteiger partial charge on any atom is 0.409 e. The van der Waals surface area contributed by atoms with Gasteiger partial charge >= 0.3 is 12.1 Å². The number of alkyl carbamates (subject to hydrolysis) is 1. The molecule has 0 aliphatic carbocycles. The Labute approximate surface area is 308 Å². The number of ether oxygens (including phenoxy) is 5. The van der Waals surface area contributed by atoms with Gasteiger partial charge in [-0.25, -0.2) is 9.18 Å². The van der Waals surface area contributed by atoms with Crippen LogP contribution in [0.5, 0.6) is 5.75 Å². The molecule has 0 spiro atoms. The molecule has 7 atom stereocenters. The summed E-state index contributed by atoms with van der Waals surface area (Å²) in [5.41, 5.74) is 0.345. The highest BCUT2D eigenvalue weighted by Gasteiger charge is 2.64. The lowest BCUT2D eigenvalue weighted by molar-refractivity contribution is -0.153. The number of carbonyl (C=O) groups is 3. The van der Waals surface area contributed by atoms with Gasteiger partial charge in [-0.3, -0.25) is 14.9 Å². The highest BCUT2D eigenvalue weighted by molar-refractivity contribution is 6.35. The number of aliphatic hydroxyl groups is 1. The molecule has 2 aromatic carbocycles. The molecule has 4 bridgehead atoms. The first-order valence-corrected chi connectivity index (χ1v) is 17.4. The third-order valence-corrected chi connectivity index (χ3v) is 10.4. The van der Waals surface area contributed by atoms with Gasteiger partial charge in [-0.2, -0.15) is 0 Å². The highest BCUT2D eigenvalue weighted by Crippen LogP contribution is 2.49. The molecule has 0 unspecified atom stereocenters. The first kappa shape index (κ1) is 39.0. The number of benzene rings is 2. The molecule has 5 rings (SSSR count). The van der Waals surface area contributed by atoms with Crippen LogP contribution in [0.3, 0.4) is 0 Å². The second kappa shape index (κ2) is 15.4. The van der Waals surface area contributed by atoms with Crippen LogP contribution in [0.4, 0.5) is 14.9 Å². The normalized spacial score (nSPS) is 30.9. The predicted molar refractivity (Wildman–Crippen MR) is 194 cm³/mol. The second-order valence-electron chi connectivity index (χ2n) is 14.0. The van der Waals surface area contributed by atoms with Gasteiger partial charge in [-0.15, -0.1) is 0 Å². The van der Waals surface area contributed by atoms with Crippen LogP contribution in [-0.4, -0.2) is 80.1 Å². The number of carbonyl (C=O) groups excluding carboxylic acids is 3. The van der Waals surface area contributed by atoms with Crippen molar-refractivity contribution >= 4 is 40.8 Å². The van der Waals surface area contributed by atoms with E-state index in [2.05, 4.69) is 11.9 Å². The van der Waals surface area contributed by atoms with E-state index < -0.39 is 65.4 Å². The maximum absolute atomic E-state index is 14.7. The summed E-state index contributed by atoms with van der Waals surface area (Å²) in [5.74, 6) is -1.81. The standard InChI is InChI=1S/C39H46ClFN2O9/c1-21(2)26-13-12-24(15-27(26)41)18-34(45)51-32-19-33(44)43(6)28-16-25(17-29(48-7)35(28)40)14-22(3)10-9-11-31(49-8)39(47)20-30(50-37(46)42-39)23(4)36-38(32,5)52-36/h9-13,15-17,23,30-32,36,47H,1,14,18-20H2,2-8H3,(H,42,46)/b11-9+,22-10+/t23-,30+,31-,32+,36+,38+,39+/m1/s1. The van der Waals surface area contributed by atoms with E-state index in [0.717, 1.165) is 11.1 Å². The predicted octanol–water partition coefficient (Wildman–Crippen LogP) is 6.08.